The second-order valence-corrected chi connectivity index (χ2v) is 8.58. The standard InChI is InChI=1S/C28H26N6O3/c1-16-11-12-21-20(14-31-34-21)23(16)25-24(29)26(27(30)35)33-28(32-25)18-9-6-10-19(13-18)37-15-22(36-2)17-7-4-3-5-8-17/h3-14,22H,15,29H2,1-2H3,(H2,30,35)(H,31,34)/t22-/m0/s1. The zero-order valence-corrected chi connectivity index (χ0v) is 20.4. The summed E-state index contributed by atoms with van der Waals surface area (Å²) >= 11 is 0. The molecule has 0 aliphatic rings. The number of benzene rings is 3. The maximum Gasteiger partial charge on any atom is 0.269 e. The lowest BCUT2D eigenvalue weighted by Gasteiger charge is -2.17. The Morgan fingerprint density at radius 1 is 1.05 bits per heavy atom. The van der Waals surface area contributed by atoms with Crippen molar-refractivity contribution in [2.45, 2.75) is 13.0 Å². The Kier molecular flexibility index (Phi) is 6.53. The molecule has 0 bridgehead atoms. The number of ether oxygens (including phenoxy) is 2. The second-order valence-electron chi connectivity index (χ2n) is 8.58. The third kappa shape index (κ3) is 4.72. The number of amides is 1. The minimum atomic E-state index is -0.738. The molecular weight excluding hydrogens is 468 g/mol. The number of rotatable bonds is 8. The molecule has 0 saturated carbocycles. The van der Waals surface area contributed by atoms with Gasteiger partial charge in [-0.25, -0.2) is 9.97 Å². The van der Waals surface area contributed by atoms with E-state index in [1.807, 2.05) is 73.7 Å². The van der Waals surface area contributed by atoms with Gasteiger partial charge >= 0.3 is 0 Å². The summed E-state index contributed by atoms with van der Waals surface area (Å²) in [6.07, 6.45) is 1.47. The summed E-state index contributed by atoms with van der Waals surface area (Å²) in [6, 6.07) is 21.0. The summed E-state index contributed by atoms with van der Waals surface area (Å²) in [5.41, 5.74) is 16.7. The highest BCUT2D eigenvalue weighted by molar-refractivity contribution is 6.04. The number of aromatic nitrogens is 4. The molecule has 5 rings (SSSR count). The molecule has 0 aliphatic carbocycles. The van der Waals surface area contributed by atoms with E-state index in [1.54, 1.807) is 13.3 Å². The minimum absolute atomic E-state index is 0.0465. The molecule has 37 heavy (non-hydrogen) atoms. The number of carbonyl (C=O) groups excluding carboxylic acids is 1. The first-order valence-corrected chi connectivity index (χ1v) is 11.7. The number of hydrogen-bond donors (Lipinski definition) is 3. The van der Waals surface area contributed by atoms with Crippen LogP contribution in [-0.4, -0.2) is 39.8 Å². The molecule has 9 heteroatoms. The van der Waals surface area contributed by atoms with E-state index in [0.29, 0.717) is 29.4 Å². The Bertz CT molecular complexity index is 1580. The van der Waals surface area contributed by atoms with Gasteiger partial charge in [-0.05, 0) is 36.2 Å². The summed E-state index contributed by atoms with van der Waals surface area (Å²) in [5, 5.41) is 7.93. The van der Waals surface area contributed by atoms with Gasteiger partial charge in [0.15, 0.2) is 11.5 Å². The van der Waals surface area contributed by atoms with E-state index >= 15 is 0 Å². The molecule has 5 aromatic rings. The average Bonchev–Trinajstić information content (AvgIpc) is 3.39. The summed E-state index contributed by atoms with van der Waals surface area (Å²) in [4.78, 5) is 21.5. The quantitative estimate of drug-likeness (QED) is 0.289. The van der Waals surface area contributed by atoms with Gasteiger partial charge in [0.1, 0.15) is 18.5 Å². The van der Waals surface area contributed by atoms with Crippen molar-refractivity contribution >= 4 is 22.5 Å². The first-order valence-electron chi connectivity index (χ1n) is 11.7. The van der Waals surface area contributed by atoms with E-state index < -0.39 is 5.91 Å². The molecule has 186 valence electrons. The highest BCUT2D eigenvalue weighted by Gasteiger charge is 2.21. The Labute approximate surface area is 213 Å². The number of aromatic amines is 1. The van der Waals surface area contributed by atoms with Crippen LogP contribution in [0.5, 0.6) is 5.75 Å². The van der Waals surface area contributed by atoms with Gasteiger partial charge < -0.3 is 20.9 Å². The lowest BCUT2D eigenvalue weighted by Crippen LogP contribution is -2.18. The van der Waals surface area contributed by atoms with Crippen molar-refractivity contribution in [3.8, 4) is 28.4 Å². The number of fused-ring (bicyclic) bond motifs is 1. The molecule has 0 radical (unpaired) electrons. The highest BCUT2D eigenvalue weighted by atomic mass is 16.5. The van der Waals surface area contributed by atoms with Gasteiger partial charge in [0.25, 0.3) is 5.91 Å². The summed E-state index contributed by atoms with van der Waals surface area (Å²) < 4.78 is 11.7. The fourth-order valence-electron chi connectivity index (χ4n) is 4.28. The molecule has 1 amide bonds. The molecular formula is C28H26N6O3. The zero-order chi connectivity index (χ0) is 25.9. The Hall–Kier alpha value is -4.76. The molecule has 2 heterocycles. The summed E-state index contributed by atoms with van der Waals surface area (Å²) in [7, 11) is 1.65. The number of nitrogens with one attached hydrogen (secondary N) is 1. The molecule has 1 atom stereocenters. The third-order valence-electron chi connectivity index (χ3n) is 6.20. The van der Waals surface area contributed by atoms with Crippen LogP contribution < -0.4 is 16.2 Å². The largest absolute Gasteiger partial charge is 0.490 e. The van der Waals surface area contributed by atoms with Crippen molar-refractivity contribution in [1.29, 1.82) is 0 Å². The molecule has 2 aromatic heterocycles. The van der Waals surface area contributed by atoms with Crippen molar-refractivity contribution in [2.75, 3.05) is 19.5 Å². The van der Waals surface area contributed by atoms with Crippen molar-refractivity contribution in [3.63, 3.8) is 0 Å². The number of hydrogen-bond acceptors (Lipinski definition) is 7. The number of carbonyl (C=O) groups is 1. The normalized spacial score (nSPS) is 11.9. The Balaban J connectivity index is 1.54. The van der Waals surface area contributed by atoms with Crippen LogP contribution in [-0.2, 0) is 4.74 Å². The average molecular weight is 495 g/mol. The molecule has 0 unspecified atom stereocenters. The number of nitrogen functional groups attached to an aromatic ring is 1. The van der Waals surface area contributed by atoms with Gasteiger partial charge in [0, 0.05) is 23.6 Å². The molecule has 9 nitrogen and oxygen atoms in total. The van der Waals surface area contributed by atoms with E-state index in [1.165, 1.54) is 0 Å². The van der Waals surface area contributed by atoms with Crippen LogP contribution in [0.15, 0.2) is 72.9 Å². The fraction of sp³-hybridized carbons (Fsp3) is 0.143. The van der Waals surface area contributed by atoms with Crippen molar-refractivity contribution in [1.82, 2.24) is 20.2 Å². The maximum absolute atomic E-state index is 12.3. The van der Waals surface area contributed by atoms with Crippen LogP contribution in [0.2, 0.25) is 0 Å². The molecule has 3 aromatic carbocycles. The summed E-state index contributed by atoms with van der Waals surface area (Å²) in [5.74, 6) is 0.165. The van der Waals surface area contributed by atoms with Crippen LogP contribution in [0, 0.1) is 6.92 Å². The predicted octanol–water partition coefficient (Wildman–Crippen LogP) is 4.44. The number of methoxy groups -OCH3 is 1. The van der Waals surface area contributed by atoms with Crippen LogP contribution in [0.25, 0.3) is 33.5 Å². The van der Waals surface area contributed by atoms with E-state index in [2.05, 4.69) is 15.2 Å². The lowest BCUT2D eigenvalue weighted by molar-refractivity contribution is 0.0576. The van der Waals surface area contributed by atoms with Crippen LogP contribution >= 0.6 is 0 Å². The summed E-state index contributed by atoms with van der Waals surface area (Å²) in [6.45, 7) is 2.26. The fourth-order valence-corrected chi connectivity index (χ4v) is 4.28. The van der Waals surface area contributed by atoms with E-state index in [0.717, 1.165) is 27.6 Å². The molecule has 0 saturated heterocycles. The Morgan fingerprint density at radius 3 is 2.62 bits per heavy atom. The number of anilines is 1. The smallest absolute Gasteiger partial charge is 0.269 e. The van der Waals surface area contributed by atoms with Crippen molar-refractivity contribution < 1.29 is 14.3 Å². The first kappa shape index (κ1) is 24.0. The number of nitrogens with two attached hydrogens (primary N) is 2. The van der Waals surface area contributed by atoms with Crippen LogP contribution in [0.1, 0.15) is 27.7 Å². The zero-order valence-electron chi connectivity index (χ0n) is 20.4. The molecule has 5 N–H and O–H groups in total. The number of primary amides is 1. The topological polar surface area (TPSA) is 142 Å². The van der Waals surface area contributed by atoms with E-state index in [9.17, 15) is 4.79 Å². The maximum atomic E-state index is 12.3. The SMILES string of the molecule is CO[C@@H](COc1cccc(-c2nc(C(N)=O)c(N)c(-c3c(C)ccc4[nH]ncc34)n2)c1)c1ccccc1. The van der Waals surface area contributed by atoms with Crippen LogP contribution in [0.3, 0.4) is 0 Å². The van der Waals surface area contributed by atoms with Gasteiger partial charge in [-0.3, -0.25) is 9.89 Å². The number of H-pyrrole nitrogens is 1. The van der Waals surface area contributed by atoms with Gasteiger partial charge in [-0.15, -0.1) is 0 Å². The van der Waals surface area contributed by atoms with Crippen molar-refractivity contribution in [2.24, 2.45) is 5.73 Å². The number of nitrogens with zero attached hydrogens (tertiary/aromatic N) is 3. The van der Waals surface area contributed by atoms with E-state index in [-0.39, 0.29) is 17.5 Å². The molecule has 0 spiro atoms. The third-order valence-corrected chi connectivity index (χ3v) is 6.20. The highest BCUT2D eigenvalue weighted by Crippen LogP contribution is 2.36. The van der Waals surface area contributed by atoms with Gasteiger partial charge in [0.2, 0.25) is 0 Å². The Morgan fingerprint density at radius 2 is 1.86 bits per heavy atom. The lowest BCUT2D eigenvalue weighted by atomic mass is 9.99. The monoisotopic (exact) mass is 494 g/mol. The van der Waals surface area contributed by atoms with E-state index in [4.69, 9.17) is 25.9 Å². The first-order chi connectivity index (χ1) is 18.0. The molecule has 0 fully saturated rings. The number of aryl methyl sites for hydroxylation is 1. The van der Waals surface area contributed by atoms with Gasteiger partial charge in [-0.2, -0.15) is 5.10 Å². The van der Waals surface area contributed by atoms with Crippen molar-refractivity contribution in [3.05, 3.63) is 89.7 Å². The van der Waals surface area contributed by atoms with Gasteiger partial charge in [-0.1, -0.05) is 48.5 Å². The van der Waals surface area contributed by atoms with Crippen LogP contribution in [0.4, 0.5) is 5.69 Å². The second kappa shape index (κ2) is 10.1. The predicted molar refractivity (Wildman–Crippen MR) is 142 cm³/mol. The minimum Gasteiger partial charge on any atom is -0.490 e. The van der Waals surface area contributed by atoms with Gasteiger partial charge in [0.05, 0.1) is 23.1 Å². The molecule has 0 aliphatic heterocycles.